The Bertz CT molecular complexity index is 817. The van der Waals surface area contributed by atoms with Gasteiger partial charge in [0.1, 0.15) is 12.3 Å². The molecule has 3 unspecified atom stereocenters. The van der Waals surface area contributed by atoms with Crippen LogP contribution in [0.25, 0.3) is 0 Å². The molecule has 1 aromatic heterocycles. The number of benzene rings is 1. The summed E-state index contributed by atoms with van der Waals surface area (Å²) in [5.41, 5.74) is 0.410. The van der Waals surface area contributed by atoms with Crippen LogP contribution < -0.4 is 16.6 Å². The van der Waals surface area contributed by atoms with Crippen molar-refractivity contribution >= 4 is 0 Å². The van der Waals surface area contributed by atoms with Crippen LogP contribution in [0, 0.1) is 0 Å². The van der Waals surface area contributed by atoms with Gasteiger partial charge in [0.2, 0.25) is 0 Å². The van der Waals surface area contributed by atoms with Crippen molar-refractivity contribution in [2.45, 2.75) is 37.9 Å². The molecule has 0 spiro atoms. The van der Waals surface area contributed by atoms with Crippen LogP contribution in [-0.2, 0) is 17.8 Å². The normalized spacial score (nSPS) is 23.0. The lowest BCUT2D eigenvalue weighted by atomic mass is 10.2. The molecular formula is C17H21N3O5. The molecule has 0 bridgehead atoms. The molecule has 0 radical (unpaired) electrons. The van der Waals surface area contributed by atoms with Crippen molar-refractivity contribution in [2.24, 2.45) is 0 Å². The first-order chi connectivity index (χ1) is 12.1. The highest BCUT2D eigenvalue weighted by Gasteiger charge is 2.35. The van der Waals surface area contributed by atoms with E-state index in [4.69, 9.17) is 9.84 Å². The third kappa shape index (κ3) is 4.05. The number of hydrogen-bond donors (Lipinski definition) is 4. The Morgan fingerprint density at radius 2 is 2.00 bits per heavy atom. The van der Waals surface area contributed by atoms with E-state index in [9.17, 15) is 14.7 Å². The number of rotatable bonds is 6. The summed E-state index contributed by atoms with van der Waals surface area (Å²) in [4.78, 5) is 26.3. The van der Waals surface area contributed by atoms with Crippen molar-refractivity contribution in [1.82, 2.24) is 14.9 Å². The molecule has 4 N–H and O–H groups in total. The van der Waals surface area contributed by atoms with Gasteiger partial charge in [-0.2, -0.15) is 0 Å². The van der Waals surface area contributed by atoms with Crippen LogP contribution in [0.3, 0.4) is 0 Å². The van der Waals surface area contributed by atoms with E-state index in [0.29, 0.717) is 12.1 Å². The van der Waals surface area contributed by atoms with E-state index in [0.717, 1.165) is 5.56 Å². The number of aliphatic hydroxyl groups is 2. The van der Waals surface area contributed by atoms with Gasteiger partial charge in [0.05, 0.1) is 12.7 Å². The van der Waals surface area contributed by atoms with Crippen LogP contribution in [0.2, 0.25) is 0 Å². The molecule has 2 heterocycles. The molecule has 134 valence electrons. The fourth-order valence-corrected chi connectivity index (χ4v) is 2.85. The Labute approximate surface area is 143 Å². The maximum absolute atomic E-state index is 12.0. The Morgan fingerprint density at radius 3 is 2.68 bits per heavy atom. The molecular weight excluding hydrogens is 326 g/mol. The van der Waals surface area contributed by atoms with Crippen LogP contribution in [0.15, 0.2) is 46.1 Å². The van der Waals surface area contributed by atoms with Gasteiger partial charge in [-0.1, -0.05) is 30.3 Å². The van der Waals surface area contributed by atoms with E-state index in [-0.39, 0.29) is 19.6 Å². The standard InChI is InChI=1S/C17H21N3O5/c21-10-14-13(22)6-15(25-14)20-9-12(16(23)19-17(20)24)8-18-7-11-4-2-1-3-5-11/h1-5,9,13-15,18,21-22H,6-8,10H2,(H,19,23,24). The number of aliphatic hydroxyl groups excluding tert-OH is 2. The van der Waals surface area contributed by atoms with Gasteiger partial charge in [0.15, 0.2) is 0 Å². The van der Waals surface area contributed by atoms with Crippen molar-refractivity contribution in [3.63, 3.8) is 0 Å². The van der Waals surface area contributed by atoms with Crippen molar-refractivity contribution < 1.29 is 14.9 Å². The number of ether oxygens (including phenoxy) is 1. The van der Waals surface area contributed by atoms with E-state index in [1.165, 1.54) is 10.8 Å². The van der Waals surface area contributed by atoms with Gasteiger partial charge in [-0.15, -0.1) is 0 Å². The summed E-state index contributed by atoms with van der Waals surface area (Å²) in [5.74, 6) is 0. The summed E-state index contributed by atoms with van der Waals surface area (Å²) in [6.07, 6.45) is -0.689. The van der Waals surface area contributed by atoms with E-state index in [1.54, 1.807) is 0 Å². The lowest BCUT2D eigenvalue weighted by Crippen LogP contribution is -2.35. The van der Waals surface area contributed by atoms with Crippen LogP contribution in [0.1, 0.15) is 23.8 Å². The number of aromatic nitrogens is 2. The molecule has 25 heavy (non-hydrogen) atoms. The second-order valence-corrected chi connectivity index (χ2v) is 6.02. The highest BCUT2D eigenvalue weighted by atomic mass is 16.5. The average Bonchev–Trinajstić information content (AvgIpc) is 2.98. The summed E-state index contributed by atoms with van der Waals surface area (Å²) < 4.78 is 6.73. The average molecular weight is 347 g/mol. The molecule has 1 aliphatic heterocycles. The summed E-state index contributed by atoms with van der Waals surface area (Å²) in [7, 11) is 0. The van der Waals surface area contributed by atoms with E-state index in [2.05, 4.69) is 10.3 Å². The Hall–Kier alpha value is -2.26. The number of H-pyrrole nitrogens is 1. The van der Waals surface area contributed by atoms with Crippen molar-refractivity contribution in [1.29, 1.82) is 0 Å². The lowest BCUT2D eigenvalue weighted by molar-refractivity contribution is -0.0460. The molecule has 8 nitrogen and oxygen atoms in total. The molecule has 1 fully saturated rings. The minimum Gasteiger partial charge on any atom is -0.394 e. The molecule has 1 aromatic carbocycles. The summed E-state index contributed by atoms with van der Waals surface area (Å²) in [6, 6.07) is 9.75. The van der Waals surface area contributed by atoms with E-state index >= 15 is 0 Å². The Kier molecular flexibility index (Phi) is 5.44. The predicted octanol–water partition coefficient (Wildman–Crippen LogP) is -0.533. The fraction of sp³-hybridized carbons (Fsp3) is 0.412. The highest BCUT2D eigenvalue weighted by Crippen LogP contribution is 2.27. The van der Waals surface area contributed by atoms with Gasteiger partial charge in [-0.05, 0) is 5.56 Å². The monoisotopic (exact) mass is 347 g/mol. The van der Waals surface area contributed by atoms with Crippen LogP contribution in [0.5, 0.6) is 0 Å². The van der Waals surface area contributed by atoms with Gasteiger partial charge in [0.25, 0.3) is 5.56 Å². The quantitative estimate of drug-likeness (QED) is 0.558. The summed E-state index contributed by atoms with van der Waals surface area (Å²) in [6.45, 7) is 0.537. The van der Waals surface area contributed by atoms with Gasteiger partial charge < -0.3 is 20.3 Å². The van der Waals surface area contributed by atoms with Gasteiger partial charge >= 0.3 is 5.69 Å². The van der Waals surface area contributed by atoms with Crippen LogP contribution >= 0.6 is 0 Å². The largest absolute Gasteiger partial charge is 0.394 e. The van der Waals surface area contributed by atoms with Gasteiger partial charge in [-0.25, -0.2) is 4.79 Å². The van der Waals surface area contributed by atoms with Crippen LogP contribution in [-0.4, -0.2) is 38.6 Å². The van der Waals surface area contributed by atoms with Gasteiger partial charge in [-0.3, -0.25) is 14.3 Å². The van der Waals surface area contributed by atoms with E-state index in [1.807, 2.05) is 30.3 Å². The summed E-state index contributed by atoms with van der Waals surface area (Å²) in [5, 5.41) is 22.1. The zero-order valence-electron chi connectivity index (χ0n) is 13.6. The van der Waals surface area contributed by atoms with Crippen molar-refractivity contribution in [3.8, 4) is 0 Å². The minimum absolute atomic E-state index is 0.175. The topological polar surface area (TPSA) is 117 Å². The molecule has 1 saturated heterocycles. The van der Waals surface area contributed by atoms with E-state index < -0.39 is 29.7 Å². The Balaban J connectivity index is 1.72. The zero-order chi connectivity index (χ0) is 17.8. The van der Waals surface area contributed by atoms with Crippen molar-refractivity contribution in [2.75, 3.05) is 6.61 Å². The number of nitrogens with zero attached hydrogens (tertiary/aromatic N) is 1. The number of hydrogen-bond acceptors (Lipinski definition) is 6. The zero-order valence-corrected chi connectivity index (χ0v) is 13.6. The summed E-state index contributed by atoms with van der Waals surface area (Å²) >= 11 is 0. The number of nitrogens with one attached hydrogen (secondary N) is 2. The SMILES string of the molecule is O=c1[nH]c(=O)n(C2CC(O)C(CO)O2)cc1CNCc1ccccc1. The lowest BCUT2D eigenvalue weighted by Gasteiger charge is -2.15. The maximum Gasteiger partial charge on any atom is 0.330 e. The third-order valence-electron chi connectivity index (χ3n) is 4.22. The maximum atomic E-state index is 12.0. The second-order valence-electron chi connectivity index (χ2n) is 6.02. The first-order valence-corrected chi connectivity index (χ1v) is 8.12. The molecule has 0 aliphatic carbocycles. The minimum atomic E-state index is -0.853. The molecule has 0 amide bonds. The van der Waals surface area contributed by atoms with Crippen molar-refractivity contribution in [3.05, 3.63) is 68.5 Å². The van der Waals surface area contributed by atoms with Gasteiger partial charge in [0, 0.05) is 31.3 Å². The first kappa shape index (κ1) is 17.6. The molecule has 3 atom stereocenters. The molecule has 8 heteroatoms. The smallest absolute Gasteiger partial charge is 0.330 e. The second kappa shape index (κ2) is 7.75. The third-order valence-corrected chi connectivity index (χ3v) is 4.22. The fourth-order valence-electron chi connectivity index (χ4n) is 2.85. The molecule has 3 rings (SSSR count). The number of aromatic amines is 1. The predicted molar refractivity (Wildman–Crippen MR) is 89.9 cm³/mol. The Morgan fingerprint density at radius 1 is 1.24 bits per heavy atom. The van der Waals surface area contributed by atoms with Crippen LogP contribution in [0.4, 0.5) is 0 Å². The molecule has 2 aromatic rings. The highest BCUT2D eigenvalue weighted by molar-refractivity contribution is 5.14. The molecule has 0 saturated carbocycles. The molecule has 1 aliphatic rings. The first-order valence-electron chi connectivity index (χ1n) is 8.12.